The fraction of sp³-hybridized carbons (Fsp3) is 0.357. The number of aromatic carboxylic acids is 1. The molecule has 0 aliphatic carbocycles. The monoisotopic (exact) mass is 261 g/mol. The summed E-state index contributed by atoms with van der Waals surface area (Å²) in [5, 5.41) is 8.94. The summed E-state index contributed by atoms with van der Waals surface area (Å²) in [4.78, 5) is 36.3. The molecule has 0 saturated carbocycles. The summed E-state index contributed by atoms with van der Waals surface area (Å²) in [6, 6.07) is 5.88. The average Bonchev–Trinajstić information content (AvgIpc) is 2.61. The van der Waals surface area contributed by atoms with Crippen molar-refractivity contribution in [2.45, 2.75) is 26.7 Å². The number of carboxylic acid groups (broad SMARTS) is 1. The molecule has 1 N–H and O–H groups in total. The molecule has 1 atom stereocenters. The molecule has 1 heterocycles. The predicted octanol–water partition coefficient (Wildman–Crippen LogP) is 2.06. The maximum absolute atomic E-state index is 12.3. The van der Waals surface area contributed by atoms with E-state index in [1.165, 1.54) is 18.2 Å². The molecule has 19 heavy (non-hydrogen) atoms. The van der Waals surface area contributed by atoms with Crippen LogP contribution < -0.4 is 4.90 Å². The van der Waals surface area contributed by atoms with E-state index in [0.29, 0.717) is 12.1 Å². The number of carbonyl (C=O) groups is 3. The molecule has 5 nitrogen and oxygen atoms in total. The number of hydrogen-bond donors (Lipinski definition) is 1. The smallest absolute Gasteiger partial charge is 0.335 e. The van der Waals surface area contributed by atoms with E-state index in [4.69, 9.17) is 5.11 Å². The lowest BCUT2D eigenvalue weighted by Crippen LogP contribution is -2.34. The molecule has 100 valence electrons. The minimum Gasteiger partial charge on any atom is -0.478 e. The van der Waals surface area contributed by atoms with Gasteiger partial charge >= 0.3 is 5.97 Å². The zero-order valence-electron chi connectivity index (χ0n) is 10.8. The largest absolute Gasteiger partial charge is 0.478 e. The summed E-state index contributed by atoms with van der Waals surface area (Å²) >= 11 is 0. The fourth-order valence-electron chi connectivity index (χ4n) is 2.19. The Morgan fingerprint density at radius 2 is 2.11 bits per heavy atom. The summed E-state index contributed by atoms with van der Waals surface area (Å²) in [6.07, 6.45) is 0.742. The Balaban J connectivity index is 2.42. The fourth-order valence-corrected chi connectivity index (χ4v) is 2.19. The second-order valence-corrected chi connectivity index (χ2v) is 4.98. The van der Waals surface area contributed by atoms with Crippen LogP contribution in [0.5, 0.6) is 0 Å². The molecule has 2 amide bonds. The van der Waals surface area contributed by atoms with Gasteiger partial charge in [-0.2, -0.15) is 0 Å². The third kappa shape index (κ3) is 2.12. The number of rotatable bonds is 3. The number of anilines is 1. The Morgan fingerprint density at radius 3 is 2.63 bits per heavy atom. The predicted molar refractivity (Wildman–Crippen MR) is 68.9 cm³/mol. The van der Waals surface area contributed by atoms with Gasteiger partial charge in [0.1, 0.15) is 0 Å². The van der Waals surface area contributed by atoms with Gasteiger partial charge in [0.2, 0.25) is 11.8 Å². The van der Waals surface area contributed by atoms with Crippen molar-refractivity contribution >= 4 is 23.5 Å². The average molecular weight is 261 g/mol. The summed E-state index contributed by atoms with van der Waals surface area (Å²) in [7, 11) is 0. The molecular weight excluding hydrogens is 246 g/mol. The maximum atomic E-state index is 12.3. The van der Waals surface area contributed by atoms with E-state index in [1.54, 1.807) is 13.0 Å². The van der Waals surface area contributed by atoms with Crippen molar-refractivity contribution in [3.63, 3.8) is 0 Å². The lowest BCUT2D eigenvalue weighted by molar-refractivity contribution is -0.125. The Kier molecular flexibility index (Phi) is 3.14. The normalized spacial score (nSPS) is 22.9. The van der Waals surface area contributed by atoms with E-state index in [-0.39, 0.29) is 23.8 Å². The number of carbonyl (C=O) groups excluding carboxylic acids is 2. The topological polar surface area (TPSA) is 74.7 Å². The Labute approximate surface area is 110 Å². The summed E-state index contributed by atoms with van der Waals surface area (Å²) in [5.41, 5.74) is -0.300. The molecule has 1 aromatic rings. The van der Waals surface area contributed by atoms with Crippen molar-refractivity contribution in [3.8, 4) is 0 Å². The van der Waals surface area contributed by atoms with E-state index in [0.717, 1.165) is 4.90 Å². The molecule has 1 saturated heterocycles. The van der Waals surface area contributed by atoms with Crippen LogP contribution in [-0.4, -0.2) is 22.9 Å². The first-order valence-corrected chi connectivity index (χ1v) is 6.10. The molecule has 0 radical (unpaired) electrons. The number of nitrogens with zero attached hydrogens (tertiary/aromatic N) is 1. The van der Waals surface area contributed by atoms with E-state index in [9.17, 15) is 14.4 Å². The van der Waals surface area contributed by atoms with Crippen molar-refractivity contribution in [3.05, 3.63) is 29.8 Å². The number of amides is 2. The van der Waals surface area contributed by atoms with Gasteiger partial charge in [-0.3, -0.25) is 14.5 Å². The third-order valence-electron chi connectivity index (χ3n) is 3.64. The van der Waals surface area contributed by atoms with Crippen LogP contribution in [0, 0.1) is 5.41 Å². The number of hydrogen-bond acceptors (Lipinski definition) is 3. The van der Waals surface area contributed by atoms with Gasteiger partial charge in [0.25, 0.3) is 0 Å². The molecule has 2 rings (SSSR count). The Hall–Kier alpha value is -2.17. The van der Waals surface area contributed by atoms with Crippen LogP contribution in [0.3, 0.4) is 0 Å². The summed E-state index contributed by atoms with van der Waals surface area (Å²) < 4.78 is 0. The van der Waals surface area contributed by atoms with Crippen molar-refractivity contribution < 1.29 is 19.5 Å². The van der Waals surface area contributed by atoms with Gasteiger partial charge < -0.3 is 5.11 Å². The van der Waals surface area contributed by atoms with Crippen LogP contribution in [0.25, 0.3) is 0 Å². The summed E-state index contributed by atoms with van der Waals surface area (Å²) in [5.74, 6) is -1.63. The zero-order valence-corrected chi connectivity index (χ0v) is 10.8. The minimum atomic E-state index is -1.08. The molecule has 1 fully saturated rings. The van der Waals surface area contributed by atoms with Gasteiger partial charge in [-0.15, -0.1) is 0 Å². The molecule has 1 aliphatic rings. The van der Waals surface area contributed by atoms with Crippen molar-refractivity contribution in [1.29, 1.82) is 0 Å². The molecule has 0 bridgehead atoms. The highest BCUT2D eigenvalue weighted by molar-refractivity contribution is 6.22. The second kappa shape index (κ2) is 4.50. The Morgan fingerprint density at radius 1 is 1.42 bits per heavy atom. The maximum Gasteiger partial charge on any atom is 0.335 e. The first kappa shape index (κ1) is 13.3. The number of benzene rings is 1. The van der Waals surface area contributed by atoms with Gasteiger partial charge in [0, 0.05) is 6.42 Å². The SMILES string of the molecule is CC[C@]1(C)CC(=O)N(c2cccc(C(=O)O)c2)C1=O. The van der Waals surface area contributed by atoms with Crippen LogP contribution in [0.4, 0.5) is 5.69 Å². The minimum absolute atomic E-state index is 0.0585. The molecule has 0 aromatic heterocycles. The first-order chi connectivity index (χ1) is 8.89. The van der Waals surface area contributed by atoms with E-state index < -0.39 is 11.4 Å². The zero-order chi connectivity index (χ0) is 14.2. The van der Waals surface area contributed by atoms with Crippen LogP contribution >= 0.6 is 0 Å². The Bertz CT molecular complexity index is 566. The van der Waals surface area contributed by atoms with Crippen LogP contribution in [0.15, 0.2) is 24.3 Å². The van der Waals surface area contributed by atoms with E-state index >= 15 is 0 Å². The summed E-state index contributed by atoms with van der Waals surface area (Å²) in [6.45, 7) is 3.62. The van der Waals surface area contributed by atoms with Gasteiger partial charge in [0.15, 0.2) is 0 Å². The number of carboxylic acids is 1. The second-order valence-electron chi connectivity index (χ2n) is 4.98. The van der Waals surface area contributed by atoms with Gasteiger partial charge in [-0.25, -0.2) is 4.79 Å². The first-order valence-electron chi connectivity index (χ1n) is 6.10. The van der Waals surface area contributed by atoms with Gasteiger partial charge in [-0.05, 0) is 24.6 Å². The highest BCUT2D eigenvalue weighted by Crippen LogP contribution is 2.38. The van der Waals surface area contributed by atoms with Crippen LogP contribution in [0.2, 0.25) is 0 Å². The van der Waals surface area contributed by atoms with E-state index in [2.05, 4.69) is 0 Å². The van der Waals surface area contributed by atoms with Crippen molar-refractivity contribution in [1.82, 2.24) is 0 Å². The molecule has 5 heteroatoms. The highest BCUT2D eigenvalue weighted by Gasteiger charge is 2.47. The van der Waals surface area contributed by atoms with Crippen LogP contribution in [-0.2, 0) is 9.59 Å². The third-order valence-corrected chi connectivity index (χ3v) is 3.64. The lowest BCUT2D eigenvalue weighted by atomic mass is 9.86. The van der Waals surface area contributed by atoms with Gasteiger partial charge in [-0.1, -0.05) is 19.9 Å². The van der Waals surface area contributed by atoms with Crippen LogP contribution in [0.1, 0.15) is 37.0 Å². The van der Waals surface area contributed by atoms with Crippen molar-refractivity contribution in [2.24, 2.45) is 5.41 Å². The highest BCUT2D eigenvalue weighted by atomic mass is 16.4. The van der Waals surface area contributed by atoms with E-state index in [1.807, 2.05) is 6.92 Å². The number of imide groups is 1. The quantitative estimate of drug-likeness (QED) is 0.845. The van der Waals surface area contributed by atoms with Gasteiger partial charge in [0.05, 0.1) is 16.7 Å². The lowest BCUT2D eigenvalue weighted by Gasteiger charge is -2.20. The molecule has 0 unspecified atom stereocenters. The van der Waals surface area contributed by atoms with Crippen molar-refractivity contribution in [2.75, 3.05) is 4.90 Å². The molecular formula is C14H15NO4. The standard InChI is InChI=1S/C14H15NO4/c1-3-14(2)8-11(16)15(13(14)19)10-6-4-5-9(7-10)12(17)18/h4-7H,3,8H2,1-2H3,(H,17,18)/t14-/m1/s1. The molecule has 0 spiro atoms. The molecule has 1 aliphatic heterocycles. The molecule has 1 aromatic carbocycles.